The number of nitrogens with zero attached hydrogens (tertiary/aromatic N) is 2. The van der Waals surface area contributed by atoms with Crippen molar-refractivity contribution in [2.75, 3.05) is 5.73 Å². The first-order chi connectivity index (χ1) is 6.66. The third-order valence-corrected chi connectivity index (χ3v) is 1.95. The number of hydrogen-bond acceptors (Lipinski definition) is 4. The van der Waals surface area contributed by atoms with Crippen molar-refractivity contribution in [1.29, 1.82) is 0 Å². The van der Waals surface area contributed by atoms with E-state index in [2.05, 4.69) is 9.97 Å². The van der Waals surface area contributed by atoms with Gasteiger partial charge in [-0.3, -0.25) is 0 Å². The number of oxazole rings is 1. The molecule has 4 nitrogen and oxygen atoms in total. The molecular formula is C10H11N3O. The monoisotopic (exact) mass is 189 g/mol. The Kier molecular flexibility index (Phi) is 1.96. The molecule has 0 spiro atoms. The number of anilines is 1. The number of hydrogen-bond donors (Lipinski definition) is 1. The van der Waals surface area contributed by atoms with Gasteiger partial charge in [0.1, 0.15) is 5.82 Å². The van der Waals surface area contributed by atoms with E-state index in [4.69, 9.17) is 10.2 Å². The summed E-state index contributed by atoms with van der Waals surface area (Å²) >= 11 is 0. The topological polar surface area (TPSA) is 64.9 Å². The van der Waals surface area contributed by atoms with Crippen molar-refractivity contribution in [2.45, 2.75) is 13.8 Å². The first kappa shape index (κ1) is 8.74. The molecule has 0 saturated carbocycles. The maximum atomic E-state index is 5.58. The molecular weight excluding hydrogens is 178 g/mol. The van der Waals surface area contributed by atoms with Gasteiger partial charge in [-0.25, -0.2) is 9.97 Å². The zero-order chi connectivity index (χ0) is 10.1. The van der Waals surface area contributed by atoms with Crippen molar-refractivity contribution < 1.29 is 4.42 Å². The molecule has 2 heterocycles. The summed E-state index contributed by atoms with van der Waals surface area (Å²) in [6.45, 7) is 3.73. The van der Waals surface area contributed by atoms with Gasteiger partial charge in [0.25, 0.3) is 0 Å². The lowest BCUT2D eigenvalue weighted by Gasteiger charge is -1.97. The van der Waals surface area contributed by atoms with Gasteiger partial charge in [0.05, 0.1) is 5.69 Å². The number of nitrogen functional groups attached to an aromatic ring is 1. The quantitative estimate of drug-likeness (QED) is 0.744. The van der Waals surface area contributed by atoms with Crippen LogP contribution in [0.1, 0.15) is 11.6 Å². The fourth-order valence-corrected chi connectivity index (χ4v) is 1.39. The van der Waals surface area contributed by atoms with E-state index < -0.39 is 0 Å². The van der Waals surface area contributed by atoms with Crippen molar-refractivity contribution in [3.05, 3.63) is 29.9 Å². The molecule has 0 atom stereocenters. The number of aryl methyl sites for hydroxylation is 2. The van der Waals surface area contributed by atoms with Gasteiger partial charge in [-0.15, -0.1) is 0 Å². The highest BCUT2D eigenvalue weighted by atomic mass is 16.4. The van der Waals surface area contributed by atoms with Crippen LogP contribution in [0.25, 0.3) is 11.3 Å². The largest absolute Gasteiger partial charge is 0.441 e. The molecule has 0 bridgehead atoms. The lowest BCUT2D eigenvalue weighted by atomic mass is 10.2. The summed E-state index contributed by atoms with van der Waals surface area (Å²) in [5, 5.41) is 0. The molecule has 14 heavy (non-hydrogen) atoms. The molecule has 0 saturated heterocycles. The predicted molar refractivity (Wildman–Crippen MR) is 53.6 cm³/mol. The Morgan fingerprint density at radius 2 is 2.14 bits per heavy atom. The Morgan fingerprint density at radius 3 is 2.71 bits per heavy atom. The van der Waals surface area contributed by atoms with Crippen LogP contribution in [-0.4, -0.2) is 9.97 Å². The van der Waals surface area contributed by atoms with Crippen molar-refractivity contribution in [3.63, 3.8) is 0 Å². The van der Waals surface area contributed by atoms with Crippen LogP contribution in [0.3, 0.4) is 0 Å². The van der Waals surface area contributed by atoms with Crippen LogP contribution in [0.2, 0.25) is 0 Å². The fraction of sp³-hybridized carbons (Fsp3) is 0.200. The average Bonchev–Trinajstić information content (AvgIpc) is 2.45. The van der Waals surface area contributed by atoms with E-state index in [1.807, 2.05) is 19.9 Å². The van der Waals surface area contributed by atoms with Crippen molar-refractivity contribution >= 4 is 5.82 Å². The van der Waals surface area contributed by atoms with Crippen LogP contribution < -0.4 is 5.73 Å². The summed E-state index contributed by atoms with van der Waals surface area (Å²) < 4.78 is 5.46. The third-order valence-electron chi connectivity index (χ3n) is 1.95. The van der Waals surface area contributed by atoms with Gasteiger partial charge in [-0.1, -0.05) is 0 Å². The molecule has 0 fully saturated rings. The zero-order valence-electron chi connectivity index (χ0n) is 8.11. The van der Waals surface area contributed by atoms with Gasteiger partial charge in [0, 0.05) is 18.7 Å². The molecule has 4 heteroatoms. The van der Waals surface area contributed by atoms with Crippen molar-refractivity contribution in [2.24, 2.45) is 0 Å². The van der Waals surface area contributed by atoms with Gasteiger partial charge < -0.3 is 10.2 Å². The Morgan fingerprint density at radius 1 is 1.36 bits per heavy atom. The Balaban J connectivity index is 2.54. The highest BCUT2D eigenvalue weighted by molar-refractivity contribution is 5.62. The minimum Gasteiger partial charge on any atom is -0.441 e. The number of nitrogens with two attached hydrogens (primary N) is 1. The predicted octanol–water partition coefficient (Wildman–Crippen LogP) is 1.94. The molecule has 2 rings (SSSR count). The lowest BCUT2D eigenvalue weighted by molar-refractivity contribution is 0.534. The van der Waals surface area contributed by atoms with E-state index in [9.17, 15) is 0 Å². The number of pyridine rings is 1. The van der Waals surface area contributed by atoms with E-state index in [0.717, 1.165) is 17.0 Å². The molecule has 0 aliphatic carbocycles. The minimum atomic E-state index is 0.482. The van der Waals surface area contributed by atoms with Crippen LogP contribution in [0, 0.1) is 13.8 Å². The van der Waals surface area contributed by atoms with Crippen LogP contribution in [0.4, 0.5) is 5.82 Å². The molecule has 0 aliphatic rings. The van der Waals surface area contributed by atoms with E-state index in [-0.39, 0.29) is 0 Å². The van der Waals surface area contributed by atoms with Gasteiger partial charge >= 0.3 is 0 Å². The van der Waals surface area contributed by atoms with E-state index >= 15 is 0 Å². The molecule has 2 N–H and O–H groups in total. The summed E-state index contributed by atoms with van der Waals surface area (Å²) in [6, 6.07) is 3.62. The summed E-state index contributed by atoms with van der Waals surface area (Å²) in [5.41, 5.74) is 7.36. The van der Waals surface area contributed by atoms with Crippen LogP contribution in [-0.2, 0) is 0 Å². The molecule has 0 amide bonds. The molecule has 0 aromatic carbocycles. The lowest BCUT2D eigenvalue weighted by Crippen LogP contribution is -1.89. The molecule has 2 aromatic rings. The van der Waals surface area contributed by atoms with Gasteiger partial charge in [0.2, 0.25) is 0 Å². The highest BCUT2D eigenvalue weighted by Crippen LogP contribution is 2.24. The Bertz CT molecular complexity index is 462. The zero-order valence-corrected chi connectivity index (χ0v) is 8.11. The normalized spacial score (nSPS) is 10.4. The third kappa shape index (κ3) is 1.46. The first-order valence-corrected chi connectivity index (χ1v) is 4.33. The molecule has 0 aliphatic heterocycles. The Hall–Kier alpha value is -1.84. The second-order valence-electron chi connectivity index (χ2n) is 3.12. The summed E-state index contributed by atoms with van der Waals surface area (Å²) in [4.78, 5) is 8.11. The minimum absolute atomic E-state index is 0.482. The van der Waals surface area contributed by atoms with Gasteiger partial charge in [-0.05, 0) is 19.1 Å². The maximum Gasteiger partial charge on any atom is 0.192 e. The molecule has 0 radical (unpaired) electrons. The molecule has 2 aromatic heterocycles. The van der Waals surface area contributed by atoms with E-state index in [0.29, 0.717) is 11.7 Å². The summed E-state index contributed by atoms with van der Waals surface area (Å²) in [7, 11) is 0. The Labute approximate surface area is 81.8 Å². The molecule has 72 valence electrons. The van der Waals surface area contributed by atoms with E-state index in [1.54, 1.807) is 12.3 Å². The van der Waals surface area contributed by atoms with Gasteiger partial charge in [-0.2, -0.15) is 0 Å². The maximum absolute atomic E-state index is 5.58. The number of aromatic nitrogens is 2. The van der Waals surface area contributed by atoms with Crippen LogP contribution >= 0.6 is 0 Å². The second-order valence-corrected chi connectivity index (χ2v) is 3.12. The van der Waals surface area contributed by atoms with Crippen molar-refractivity contribution in [1.82, 2.24) is 9.97 Å². The highest BCUT2D eigenvalue weighted by Gasteiger charge is 2.09. The van der Waals surface area contributed by atoms with Crippen LogP contribution in [0.5, 0.6) is 0 Å². The fourth-order valence-electron chi connectivity index (χ4n) is 1.39. The average molecular weight is 189 g/mol. The molecule has 0 unspecified atom stereocenters. The van der Waals surface area contributed by atoms with E-state index in [1.165, 1.54) is 0 Å². The van der Waals surface area contributed by atoms with Gasteiger partial charge in [0.15, 0.2) is 11.7 Å². The summed E-state index contributed by atoms with van der Waals surface area (Å²) in [5.74, 6) is 1.90. The number of rotatable bonds is 1. The smallest absolute Gasteiger partial charge is 0.192 e. The SMILES string of the molecule is Cc1nc(C)c(-c2ccnc(N)c2)o1. The summed E-state index contributed by atoms with van der Waals surface area (Å²) in [6.07, 6.45) is 1.65. The first-order valence-electron chi connectivity index (χ1n) is 4.33. The second kappa shape index (κ2) is 3.14. The van der Waals surface area contributed by atoms with Crippen molar-refractivity contribution in [3.8, 4) is 11.3 Å². The van der Waals surface area contributed by atoms with Crippen LogP contribution in [0.15, 0.2) is 22.7 Å². The standard InChI is InChI=1S/C10H11N3O/c1-6-10(14-7(2)13-6)8-3-4-12-9(11)5-8/h3-5H,1-2H3,(H2,11,12).